The third-order valence-corrected chi connectivity index (χ3v) is 0. The molecule has 8 heteroatoms. The number of hydrogen-bond donors (Lipinski definition) is 2. The van der Waals surface area contributed by atoms with Crippen molar-refractivity contribution in [1.82, 2.24) is 12.3 Å². The van der Waals surface area contributed by atoms with Crippen LogP contribution in [0.25, 0.3) is 0 Å². The monoisotopic (exact) mass is 168 g/mol. The van der Waals surface area contributed by atoms with E-state index in [0.717, 1.165) is 0 Å². The summed E-state index contributed by atoms with van der Waals surface area (Å²) in [6, 6.07) is 0. The summed E-state index contributed by atoms with van der Waals surface area (Å²) in [7, 11) is -6.00. The SMILES string of the molecule is CC[O-].F[B-](F)(F)F.[NH4+].[NH4+]. The fourth-order valence-electron chi connectivity index (χ4n) is 0. The summed E-state index contributed by atoms with van der Waals surface area (Å²) in [5.74, 6) is 0. The first-order valence-electron chi connectivity index (χ1n) is 1.87. The summed E-state index contributed by atoms with van der Waals surface area (Å²) >= 11 is 0. The molecule has 0 aliphatic heterocycles. The summed E-state index contributed by atoms with van der Waals surface area (Å²) in [5.41, 5.74) is 0. The maximum Gasteiger partial charge on any atom is 0.673 e. The second kappa shape index (κ2) is 11.5. The quantitative estimate of drug-likeness (QED) is 0.415. The van der Waals surface area contributed by atoms with Gasteiger partial charge in [0.2, 0.25) is 0 Å². The second-order valence-corrected chi connectivity index (χ2v) is 0.784. The minimum absolute atomic E-state index is 0. The number of hydrogen-bond acceptors (Lipinski definition) is 1. The van der Waals surface area contributed by atoms with Crippen molar-refractivity contribution < 1.29 is 22.4 Å². The van der Waals surface area contributed by atoms with Gasteiger partial charge in [-0.15, -0.1) is 6.61 Å². The molecule has 0 aromatic heterocycles. The van der Waals surface area contributed by atoms with E-state index in [0.29, 0.717) is 0 Å². The Morgan fingerprint density at radius 3 is 1.10 bits per heavy atom. The molecule has 0 aromatic carbocycles. The van der Waals surface area contributed by atoms with E-state index in [1.807, 2.05) is 0 Å². The van der Waals surface area contributed by atoms with Gasteiger partial charge in [-0.25, -0.2) is 0 Å². The normalized spacial score (nSPS) is 7.80. The minimum Gasteiger partial charge on any atom is -0.855 e. The van der Waals surface area contributed by atoms with Gasteiger partial charge in [-0.2, -0.15) is 0 Å². The Balaban J connectivity index is -0.0000000326. The molecule has 10 heavy (non-hydrogen) atoms. The lowest BCUT2D eigenvalue weighted by atomic mass is 10.3. The van der Waals surface area contributed by atoms with E-state index < -0.39 is 7.25 Å². The van der Waals surface area contributed by atoms with Crippen LogP contribution in [0.2, 0.25) is 0 Å². The van der Waals surface area contributed by atoms with E-state index in [1.165, 1.54) is 0 Å². The van der Waals surface area contributed by atoms with Crippen molar-refractivity contribution in [1.29, 1.82) is 0 Å². The molecule has 0 saturated carbocycles. The van der Waals surface area contributed by atoms with Gasteiger partial charge in [0.05, 0.1) is 0 Å². The van der Waals surface area contributed by atoms with E-state index in [2.05, 4.69) is 0 Å². The highest BCUT2D eigenvalue weighted by molar-refractivity contribution is 6.50. The Morgan fingerprint density at radius 2 is 1.10 bits per heavy atom. The molecule has 0 aliphatic rings. The van der Waals surface area contributed by atoms with Gasteiger partial charge in [0.1, 0.15) is 0 Å². The average molecular weight is 168 g/mol. The topological polar surface area (TPSA) is 96.1 Å². The van der Waals surface area contributed by atoms with Crippen molar-refractivity contribution in [3.63, 3.8) is 0 Å². The fourth-order valence-corrected chi connectivity index (χ4v) is 0. The molecule has 0 amide bonds. The van der Waals surface area contributed by atoms with Crippen LogP contribution in [0.1, 0.15) is 6.92 Å². The molecule has 0 rings (SSSR count). The van der Waals surface area contributed by atoms with E-state index in [4.69, 9.17) is 5.11 Å². The van der Waals surface area contributed by atoms with Gasteiger partial charge < -0.3 is 34.7 Å². The summed E-state index contributed by atoms with van der Waals surface area (Å²) in [6.07, 6.45) is 0. The van der Waals surface area contributed by atoms with Crippen LogP contribution in [0.4, 0.5) is 17.3 Å². The number of quaternary nitrogens is 2. The summed E-state index contributed by atoms with van der Waals surface area (Å²) < 4.78 is 39.0. The molecule has 3 nitrogen and oxygen atoms in total. The Labute approximate surface area is 56.7 Å². The van der Waals surface area contributed by atoms with Crippen LogP contribution >= 0.6 is 0 Å². The molecule has 0 saturated heterocycles. The molecule has 0 aliphatic carbocycles. The van der Waals surface area contributed by atoms with Crippen LogP contribution < -0.4 is 17.4 Å². The Morgan fingerprint density at radius 1 is 1.10 bits per heavy atom. The molecular weight excluding hydrogens is 155 g/mol. The molecular formula is C2H13BF4N2O. The molecule has 0 aromatic rings. The van der Waals surface area contributed by atoms with Gasteiger partial charge in [0.15, 0.2) is 0 Å². The lowest BCUT2D eigenvalue weighted by Gasteiger charge is -1.94. The number of rotatable bonds is 0. The zero-order valence-corrected chi connectivity index (χ0v) is 6.20. The van der Waals surface area contributed by atoms with Gasteiger partial charge in [-0.05, 0) is 0 Å². The molecule has 0 unspecified atom stereocenters. The van der Waals surface area contributed by atoms with Crippen LogP contribution in [0.15, 0.2) is 0 Å². The van der Waals surface area contributed by atoms with Crippen LogP contribution in [0.3, 0.4) is 0 Å². The maximum absolute atomic E-state index is 9.75. The first-order chi connectivity index (χ1) is 3.41. The van der Waals surface area contributed by atoms with E-state index >= 15 is 0 Å². The maximum atomic E-state index is 9.75. The van der Waals surface area contributed by atoms with Crippen LogP contribution in [0.5, 0.6) is 0 Å². The summed E-state index contributed by atoms with van der Waals surface area (Å²) in [4.78, 5) is 0. The van der Waals surface area contributed by atoms with Gasteiger partial charge in [0.25, 0.3) is 0 Å². The van der Waals surface area contributed by atoms with Crippen molar-refractivity contribution in [2.24, 2.45) is 0 Å². The Bertz CT molecular complexity index is 45.0. The first-order valence-corrected chi connectivity index (χ1v) is 1.87. The molecule has 0 spiro atoms. The third-order valence-electron chi connectivity index (χ3n) is 0. The summed E-state index contributed by atoms with van der Waals surface area (Å²) in [6.45, 7) is 1.57. The third kappa shape index (κ3) is 3030. The zero-order chi connectivity index (χ0) is 7.21. The van der Waals surface area contributed by atoms with Crippen molar-refractivity contribution in [2.45, 2.75) is 6.92 Å². The van der Waals surface area contributed by atoms with Gasteiger partial charge >= 0.3 is 7.25 Å². The lowest BCUT2D eigenvalue weighted by Crippen LogP contribution is -2.02. The highest BCUT2D eigenvalue weighted by atomic mass is 19.5. The average Bonchev–Trinajstić information content (AvgIpc) is 1.27. The van der Waals surface area contributed by atoms with Crippen LogP contribution in [-0.2, 0) is 0 Å². The number of halogens is 4. The highest BCUT2D eigenvalue weighted by Crippen LogP contribution is 2.06. The van der Waals surface area contributed by atoms with Gasteiger partial charge in [-0.1, -0.05) is 6.92 Å². The molecule has 0 radical (unpaired) electrons. The highest BCUT2D eigenvalue weighted by Gasteiger charge is 2.20. The van der Waals surface area contributed by atoms with Crippen molar-refractivity contribution in [3.05, 3.63) is 0 Å². The molecule has 8 N–H and O–H groups in total. The Kier molecular flexibility index (Phi) is 25.9. The molecule has 0 fully saturated rings. The smallest absolute Gasteiger partial charge is 0.673 e. The lowest BCUT2D eigenvalue weighted by molar-refractivity contribution is -0.361. The molecule has 0 bridgehead atoms. The molecule has 0 atom stereocenters. The molecule has 68 valence electrons. The Hall–Kier alpha value is -0.335. The summed E-state index contributed by atoms with van der Waals surface area (Å²) in [5, 5.41) is 8.93. The largest absolute Gasteiger partial charge is 0.855 e. The van der Waals surface area contributed by atoms with E-state index in [1.54, 1.807) is 6.92 Å². The fraction of sp³-hybridized carbons (Fsp3) is 1.00. The zero-order valence-electron chi connectivity index (χ0n) is 6.20. The predicted octanol–water partition coefficient (Wildman–Crippen LogP) is 1.42. The van der Waals surface area contributed by atoms with E-state index in [-0.39, 0.29) is 18.9 Å². The first kappa shape index (κ1) is 22.6. The van der Waals surface area contributed by atoms with Crippen molar-refractivity contribution in [3.8, 4) is 0 Å². The van der Waals surface area contributed by atoms with Crippen LogP contribution in [-0.4, -0.2) is 13.9 Å². The van der Waals surface area contributed by atoms with Gasteiger partial charge in [-0.3, -0.25) is 0 Å². The van der Waals surface area contributed by atoms with Crippen molar-refractivity contribution >= 4 is 7.25 Å². The minimum atomic E-state index is -6.00. The predicted molar refractivity (Wildman–Crippen MR) is 32.7 cm³/mol. The van der Waals surface area contributed by atoms with Gasteiger partial charge in [0, 0.05) is 0 Å². The second-order valence-electron chi connectivity index (χ2n) is 0.784. The van der Waals surface area contributed by atoms with Crippen molar-refractivity contribution in [2.75, 3.05) is 6.61 Å². The molecule has 0 heterocycles. The van der Waals surface area contributed by atoms with Crippen LogP contribution in [0, 0.1) is 0 Å². The van der Waals surface area contributed by atoms with E-state index in [9.17, 15) is 17.3 Å². The standard InChI is InChI=1S/C2H5O.BF4.2H3N/c1-2-3;2-1(3,4)5;;/h2H2,1H3;;2*1H3/q2*-1;;/p+2.